The second-order valence-corrected chi connectivity index (χ2v) is 12.6. The topological polar surface area (TPSA) is 117 Å². The molecule has 0 spiro atoms. The number of imide groups is 1. The molecule has 3 fully saturated rings. The minimum Gasteiger partial charge on any atom is -0.481 e. The maximum absolute atomic E-state index is 13.5. The molecule has 3 aromatic rings. The van der Waals surface area contributed by atoms with E-state index in [-0.39, 0.29) is 58.6 Å². The molecule has 2 saturated carbocycles. The number of ether oxygens (including phenoxy) is 1. The van der Waals surface area contributed by atoms with Crippen molar-refractivity contribution in [2.45, 2.75) is 29.0 Å². The van der Waals surface area contributed by atoms with Crippen LogP contribution >= 0.6 is 23.1 Å². The van der Waals surface area contributed by atoms with Crippen LogP contribution in [0.3, 0.4) is 0 Å². The van der Waals surface area contributed by atoms with E-state index in [2.05, 4.69) is 4.98 Å². The molecule has 10 heteroatoms. The average molecular weight is 549 g/mol. The Morgan fingerprint density at radius 1 is 1.00 bits per heavy atom. The molecule has 38 heavy (non-hydrogen) atoms. The van der Waals surface area contributed by atoms with E-state index in [9.17, 15) is 19.2 Å². The summed E-state index contributed by atoms with van der Waals surface area (Å²) in [4.78, 5) is 55.5. The third-order valence-corrected chi connectivity index (χ3v) is 11.1. The van der Waals surface area contributed by atoms with Crippen LogP contribution in [0.2, 0.25) is 0 Å². The predicted molar refractivity (Wildman–Crippen MR) is 140 cm³/mol. The van der Waals surface area contributed by atoms with Gasteiger partial charge in [0.1, 0.15) is 11.5 Å². The van der Waals surface area contributed by atoms with Crippen LogP contribution in [-0.4, -0.2) is 44.6 Å². The van der Waals surface area contributed by atoms with Gasteiger partial charge in [0.05, 0.1) is 23.3 Å². The number of carbonyl (C=O) groups excluding carboxylic acids is 2. The summed E-state index contributed by atoms with van der Waals surface area (Å²) in [6.45, 7) is -0.0785. The quantitative estimate of drug-likeness (QED) is 0.444. The fraction of sp³-hybridized carbons (Fsp3) is 0.357. The van der Waals surface area contributed by atoms with E-state index in [4.69, 9.17) is 9.84 Å². The first kappa shape index (κ1) is 23.7. The second-order valence-electron chi connectivity index (χ2n) is 10.4. The van der Waals surface area contributed by atoms with Gasteiger partial charge < -0.3 is 14.8 Å². The lowest BCUT2D eigenvalue weighted by Crippen LogP contribution is -2.42. The number of thioether (sulfide) groups is 1. The van der Waals surface area contributed by atoms with Crippen molar-refractivity contribution in [3.05, 3.63) is 74.7 Å². The Bertz CT molecular complexity index is 1520. The van der Waals surface area contributed by atoms with Crippen molar-refractivity contribution in [3.63, 3.8) is 0 Å². The molecule has 2 aliphatic heterocycles. The number of carboxylic acid groups (broad SMARTS) is 1. The first-order chi connectivity index (χ1) is 18.4. The number of nitrogens with zero attached hydrogens (tertiary/aromatic N) is 1. The van der Waals surface area contributed by atoms with E-state index in [1.807, 2.05) is 54.6 Å². The second kappa shape index (κ2) is 8.84. The molecule has 1 saturated heterocycles. The molecule has 0 radical (unpaired) electrons. The number of carbonyl (C=O) groups is 3. The molecule has 7 rings (SSSR count). The third kappa shape index (κ3) is 3.57. The summed E-state index contributed by atoms with van der Waals surface area (Å²) in [6.07, 6.45) is 0.543. The third-order valence-electron chi connectivity index (χ3n) is 8.56. The van der Waals surface area contributed by atoms with Gasteiger partial charge in [0.15, 0.2) is 0 Å². The number of thiazole rings is 1. The van der Waals surface area contributed by atoms with Gasteiger partial charge in [0.25, 0.3) is 0 Å². The number of H-pyrrole nitrogens is 1. The predicted octanol–water partition coefficient (Wildman–Crippen LogP) is 4.18. The minimum atomic E-state index is -1.03. The van der Waals surface area contributed by atoms with Crippen LogP contribution in [-0.2, 0) is 14.4 Å². The molecule has 8 nitrogen and oxygen atoms in total. The zero-order valence-corrected chi connectivity index (χ0v) is 21.7. The van der Waals surface area contributed by atoms with Gasteiger partial charge in [-0.05, 0) is 54.0 Å². The Balaban J connectivity index is 1.27. The van der Waals surface area contributed by atoms with Gasteiger partial charge in [-0.3, -0.25) is 24.1 Å². The molecule has 1 aromatic heterocycles. The summed E-state index contributed by atoms with van der Waals surface area (Å²) in [7, 11) is 0. The summed E-state index contributed by atoms with van der Waals surface area (Å²) >= 11 is 2.85. The highest BCUT2D eigenvalue weighted by atomic mass is 32.2. The average Bonchev–Trinajstić information content (AvgIpc) is 3.62. The van der Waals surface area contributed by atoms with E-state index in [0.717, 1.165) is 27.6 Å². The maximum atomic E-state index is 13.5. The van der Waals surface area contributed by atoms with Crippen LogP contribution in [0.5, 0.6) is 11.5 Å². The fourth-order valence-corrected chi connectivity index (χ4v) is 10.2. The number of rotatable bonds is 6. The van der Waals surface area contributed by atoms with Gasteiger partial charge in [-0.2, -0.15) is 0 Å². The molecule has 3 heterocycles. The summed E-state index contributed by atoms with van der Waals surface area (Å²) in [5.41, 5.74) is 1.02. The van der Waals surface area contributed by atoms with Gasteiger partial charge in [-0.15, -0.1) is 11.8 Å². The zero-order valence-electron chi connectivity index (χ0n) is 20.1. The Morgan fingerprint density at radius 2 is 1.74 bits per heavy atom. The SMILES string of the molecule is O=C(O)CCN1C(=O)[C@@H]2[C@H]3C[C@@H]([C@@H]2C1=O)[C@@H]1[C@H](c2cccc(Oc4ccccc4)c2)c2sc(=O)[nH]c2S[C@@H]31. The highest BCUT2D eigenvalue weighted by Gasteiger charge is 2.69. The van der Waals surface area contributed by atoms with Crippen LogP contribution in [0.25, 0.3) is 0 Å². The fourth-order valence-electron chi connectivity index (χ4n) is 7.28. The molecule has 2 amide bonds. The van der Waals surface area contributed by atoms with Crippen LogP contribution in [0.1, 0.15) is 29.2 Å². The number of benzene rings is 2. The minimum absolute atomic E-state index is 0.00841. The van der Waals surface area contributed by atoms with Gasteiger partial charge in [0, 0.05) is 22.6 Å². The number of carboxylic acids is 1. The van der Waals surface area contributed by atoms with Crippen LogP contribution in [0.15, 0.2) is 64.4 Å². The highest BCUT2D eigenvalue weighted by molar-refractivity contribution is 8.00. The zero-order chi connectivity index (χ0) is 26.1. The number of aliphatic carboxylic acids is 1. The van der Waals surface area contributed by atoms with Crippen molar-refractivity contribution < 1.29 is 24.2 Å². The first-order valence-electron chi connectivity index (χ1n) is 12.7. The number of hydrogen-bond donors (Lipinski definition) is 2. The Hall–Kier alpha value is -3.37. The molecule has 2 bridgehead atoms. The molecule has 2 N–H and O–H groups in total. The lowest BCUT2D eigenvalue weighted by atomic mass is 9.68. The Labute approximate surface area is 226 Å². The standard InChI is InChI=1S/C28H24N2O6S2/c31-18(32)9-10-30-26(33)21-16-12-17(22(21)27(30)34)23-20(16)19(24-25(37-23)29-28(35)38-24)13-5-4-8-15(11-13)36-14-6-2-1-3-7-14/h1-8,11,16-17,19-23H,9-10,12H2,(H,29,35)(H,31,32)/t16-,17-,19+,20-,21+,22-,23+/m1/s1. The summed E-state index contributed by atoms with van der Waals surface area (Å²) < 4.78 is 6.11. The van der Waals surface area contributed by atoms with Crippen molar-refractivity contribution >= 4 is 40.9 Å². The summed E-state index contributed by atoms with van der Waals surface area (Å²) in [6, 6.07) is 17.5. The molecule has 4 aliphatic rings. The maximum Gasteiger partial charge on any atom is 0.305 e. The van der Waals surface area contributed by atoms with Crippen molar-refractivity contribution in [1.82, 2.24) is 9.88 Å². The summed E-state index contributed by atoms with van der Waals surface area (Å²) in [5, 5.41) is 10.1. The van der Waals surface area contributed by atoms with Gasteiger partial charge in [-0.1, -0.05) is 41.7 Å². The van der Waals surface area contributed by atoms with Crippen molar-refractivity contribution in [2.75, 3.05) is 6.54 Å². The molecule has 0 unspecified atom stereocenters. The van der Waals surface area contributed by atoms with Crippen molar-refractivity contribution in [3.8, 4) is 11.5 Å². The number of fused-ring (bicyclic) bond motifs is 9. The van der Waals surface area contributed by atoms with E-state index in [1.54, 1.807) is 11.8 Å². The smallest absolute Gasteiger partial charge is 0.305 e. The molecular formula is C28H24N2O6S2. The number of nitrogens with one attached hydrogen (secondary N) is 1. The number of aromatic nitrogens is 1. The molecule has 2 aromatic carbocycles. The number of aromatic amines is 1. The van der Waals surface area contributed by atoms with Crippen LogP contribution < -0.4 is 9.61 Å². The van der Waals surface area contributed by atoms with Crippen LogP contribution in [0, 0.1) is 29.6 Å². The van der Waals surface area contributed by atoms with E-state index < -0.39 is 17.8 Å². The molecule has 2 aliphatic carbocycles. The highest BCUT2D eigenvalue weighted by Crippen LogP contribution is 2.68. The van der Waals surface area contributed by atoms with Gasteiger partial charge in [0.2, 0.25) is 11.8 Å². The number of amides is 2. The van der Waals surface area contributed by atoms with Gasteiger partial charge >= 0.3 is 10.8 Å². The Kier molecular flexibility index (Phi) is 5.52. The van der Waals surface area contributed by atoms with Gasteiger partial charge in [-0.25, -0.2) is 0 Å². The normalized spacial score (nSPS) is 30.7. The van der Waals surface area contributed by atoms with E-state index >= 15 is 0 Å². The van der Waals surface area contributed by atoms with E-state index in [1.165, 1.54) is 16.2 Å². The largest absolute Gasteiger partial charge is 0.481 e. The van der Waals surface area contributed by atoms with Crippen molar-refractivity contribution in [1.29, 1.82) is 0 Å². The summed E-state index contributed by atoms with van der Waals surface area (Å²) in [5.74, 6) is -0.925. The number of para-hydroxylation sites is 1. The molecule has 194 valence electrons. The lowest BCUT2D eigenvalue weighted by molar-refractivity contribution is -0.142. The molecule has 7 atom stereocenters. The van der Waals surface area contributed by atoms with Crippen LogP contribution in [0.4, 0.5) is 0 Å². The number of likely N-dealkylation sites (tertiary alicyclic amines) is 1. The Morgan fingerprint density at radius 3 is 2.50 bits per heavy atom. The first-order valence-corrected chi connectivity index (χ1v) is 14.4. The molecular weight excluding hydrogens is 524 g/mol. The lowest BCUT2D eigenvalue weighted by Gasteiger charge is -2.43. The monoisotopic (exact) mass is 548 g/mol. The van der Waals surface area contributed by atoms with E-state index in [0.29, 0.717) is 5.75 Å². The number of hydrogen-bond acceptors (Lipinski definition) is 7. The van der Waals surface area contributed by atoms with Crippen molar-refractivity contribution in [2.24, 2.45) is 29.6 Å².